The van der Waals surface area contributed by atoms with Gasteiger partial charge in [0, 0.05) is 6.04 Å². The van der Waals surface area contributed by atoms with E-state index in [1.165, 1.54) is 24.0 Å². The van der Waals surface area contributed by atoms with Crippen LogP contribution in [0.1, 0.15) is 31.2 Å². The second-order valence-corrected chi connectivity index (χ2v) is 4.74. The number of rotatable bonds is 3. The zero-order valence-electron chi connectivity index (χ0n) is 9.36. The van der Waals surface area contributed by atoms with Gasteiger partial charge in [0.2, 0.25) is 0 Å². The lowest BCUT2D eigenvalue weighted by molar-refractivity contribution is 0.303. The number of hydrogen-bond acceptors (Lipinski definition) is 2. The summed E-state index contributed by atoms with van der Waals surface area (Å²) in [6.45, 7) is 0. The summed E-state index contributed by atoms with van der Waals surface area (Å²) >= 11 is 0. The second-order valence-electron chi connectivity index (χ2n) is 4.74. The van der Waals surface area contributed by atoms with E-state index in [4.69, 9.17) is 10.5 Å². The van der Waals surface area contributed by atoms with Crippen LogP contribution in [0.2, 0.25) is 0 Å². The van der Waals surface area contributed by atoms with Crippen LogP contribution >= 0.6 is 0 Å². The van der Waals surface area contributed by atoms with Crippen molar-refractivity contribution in [3.8, 4) is 5.75 Å². The average molecular weight is 215 g/mol. The first-order valence-corrected chi connectivity index (χ1v) is 6.04. The van der Waals surface area contributed by atoms with Crippen molar-refractivity contribution in [3.05, 3.63) is 35.9 Å². The summed E-state index contributed by atoms with van der Waals surface area (Å²) in [5.74, 6) is 0.995. The molecule has 1 aromatic rings. The molecule has 0 aliphatic heterocycles. The highest BCUT2D eigenvalue weighted by atomic mass is 16.5. The number of benzene rings is 1. The van der Waals surface area contributed by atoms with Gasteiger partial charge in [0.05, 0.1) is 6.10 Å². The molecule has 0 heterocycles. The molecule has 1 atom stereocenters. The lowest BCUT2D eigenvalue weighted by Gasteiger charge is -2.06. The van der Waals surface area contributed by atoms with Gasteiger partial charge in [-0.05, 0) is 49.0 Å². The molecular formula is C14H17NO. The Bertz CT molecular complexity index is 403. The van der Waals surface area contributed by atoms with Crippen LogP contribution in [0.15, 0.2) is 30.3 Å². The first-order valence-electron chi connectivity index (χ1n) is 6.04. The Labute approximate surface area is 96.1 Å². The van der Waals surface area contributed by atoms with E-state index in [2.05, 4.69) is 30.3 Å². The Morgan fingerprint density at radius 1 is 1.06 bits per heavy atom. The van der Waals surface area contributed by atoms with E-state index in [1.807, 2.05) is 0 Å². The van der Waals surface area contributed by atoms with E-state index in [0.717, 1.165) is 18.6 Å². The number of hydrogen-bond donors (Lipinski definition) is 1. The molecule has 84 valence electrons. The van der Waals surface area contributed by atoms with Crippen LogP contribution in [-0.4, -0.2) is 12.1 Å². The molecule has 1 aromatic carbocycles. The standard InChI is InChI=1S/C14H17NO/c15-12-4-1-11(9-12)10-2-5-13(6-3-10)16-14-7-8-14/h2-3,5-6,9,12,14H,1,4,7-8,15H2. The Balaban J connectivity index is 1.73. The highest BCUT2D eigenvalue weighted by Crippen LogP contribution is 2.30. The molecule has 3 rings (SSSR count). The van der Waals surface area contributed by atoms with Crippen molar-refractivity contribution < 1.29 is 4.74 Å². The summed E-state index contributed by atoms with van der Waals surface area (Å²) in [5, 5.41) is 0. The van der Waals surface area contributed by atoms with Crippen LogP contribution in [0.4, 0.5) is 0 Å². The minimum Gasteiger partial charge on any atom is -0.490 e. The van der Waals surface area contributed by atoms with E-state index >= 15 is 0 Å². The predicted molar refractivity (Wildman–Crippen MR) is 65.3 cm³/mol. The normalized spacial score (nSPS) is 24.3. The molecule has 2 aliphatic rings. The molecular weight excluding hydrogens is 198 g/mol. The van der Waals surface area contributed by atoms with Gasteiger partial charge in [-0.3, -0.25) is 0 Å². The molecule has 0 radical (unpaired) electrons. The molecule has 2 heteroatoms. The van der Waals surface area contributed by atoms with Gasteiger partial charge in [-0.2, -0.15) is 0 Å². The topological polar surface area (TPSA) is 35.2 Å². The van der Waals surface area contributed by atoms with Gasteiger partial charge >= 0.3 is 0 Å². The number of nitrogens with two attached hydrogens (primary N) is 1. The van der Waals surface area contributed by atoms with Crippen molar-refractivity contribution in [2.75, 3.05) is 0 Å². The van der Waals surface area contributed by atoms with E-state index in [0.29, 0.717) is 6.10 Å². The lowest BCUT2D eigenvalue weighted by atomic mass is 10.1. The second kappa shape index (κ2) is 3.95. The van der Waals surface area contributed by atoms with Crippen molar-refractivity contribution in [1.29, 1.82) is 0 Å². The minimum atomic E-state index is 0.248. The summed E-state index contributed by atoms with van der Waals surface area (Å²) in [4.78, 5) is 0. The molecule has 1 unspecified atom stereocenters. The summed E-state index contributed by atoms with van der Waals surface area (Å²) in [5.41, 5.74) is 8.53. The van der Waals surface area contributed by atoms with E-state index in [1.54, 1.807) is 0 Å². The molecule has 16 heavy (non-hydrogen) atoms. The van der Waals surface area contributed by atoms with Gasteiger partial charge in [0.25, 0.3) is 0 Å². The zero-order chi connectivity index (χ0) is 11.0. The lowest BCUT2D eigenvalue weighted by Crippen LogP contribution is -2.11. The summed E-state index contributed by atoms with van der Waals surface area (Å²) < 4.78 is 5.72. The first-order chi connectivity index (χ1) is 7.81. The Morgan fingerprint density at radius 3 is 2.38 bits per heavy atom. The average Bonchev–Trinajstić information content (AvgIpc) is 3.00. The van der Waals surface area contributed by atoms with Gasteiger partial charge in [0.15, 0.2) is 0 Å². The molecule has 0 bridgehead atoms. The van der Waals surface area contributed by atoms with Crippen LogP contribution in [0, 0.1) is 0 Å². The molecule has 0 saturated heterocycles. The van der Waals surface area contributed by atoms with Crippen LogP contribution < -0.4 is 10.5 Å². The predicted octanol–water partition coefficient (Wildman–Crippen LogP) is 2.73. The molecule has 1 saturated carbocycles. The quantitative estimate of drug-likeness (QED) is 0.841. The van der Waals surface area contributed by atoms with Crippen molar-refractivity contribution in [2.24, 2.45) is 5.73 Å². The van der Waals surface area contributed by atoms with E-state index < -0.39 is 0 Å². The van der Waals surface area contributed by atoms with Gasteiger partial charge < -0.3 is 10.5 Å². The SMILES string of the molecule is NC1C=C(c2ccc(OC3CC3)cc2)CC1. The number of ether oxygens (including phenoxy) is 1. The van der Waals surface area contributed by atoms with Crippen molar-refractivity contribution in [1.82, 2.24) is 0 Å². The molecule has 0 spiro atoms. The smallest absolute Gasteiger partial charge is 0.119 e. The Hall–Kier alpha value is -1.28. The van der Waals surface area contributed by atoms with Crippen molar-refractivity contribution in [2.45, 2.75) is 37.8 Å². The van der Waals surface area contributed by atoms with Gasteiger partial charge in [-0.15, -0.1) is 0 Å². The molecule has 0 aromatic heterocycles. The fourth-order valence-electron chi connectivity index (χ4n) is 2.11. The Kier molecular flexibility index (Phi) is 2.44. The highest BCUT2D eigenvalue weighted by Gasteiger charge is 2.23. The van der Waals surface area contributed by atoms with Gasteiger partial charge in [0.1, 0.15) is 5.75 Å². The zero-order valence-corrected chi connectivity index (χ0v) is 9.36. The number of allylic oxidation sites excluding steroid dienone is 1. The van der Waals surface area contributed by atoms with Crippen LogP contribution in [0.3, 0.4) is 0 Å². The third kappa shape index (κ3) is 2.12. The summed E-state index contributed by atoms with van der Waals surface area (Å²) in [6.07, 6.45) is 7.25. The molecule has 2 aliphatic carbocycles. The molecule has 0 amide bonds. The molecule has 2 N–H and O–H groups in total. The fourth-order valence-corrected chi connectivity index (χ4v) is 2.11. The minimum absolute atomic E-state index is 0.248. The maximum atomic E-state index is 5.87. The largest absolute Gasteiger partial charge is 0.490 e. The van der Waals surface area contributed by atoms with Gasteiger partial charge in [-0.25, -0.2) is 0 Å². The monoisotopic (exact) mass is 215 g/mol. The van der Waals surface area contributed by atoms with E-state index in [-0.39, 0.29) is 6.04 Å². The highest BCUT2D eigenvalue weighted by molar-refractivity contribution is 5.68. The summed E-state index contributed by atoms with van der Waals surface area (Å²) in [7, 11) is 0. The van der Waals surface area contributed by atoms with Crippen LogP contribution in [0.5, 0.6) is 5.75 Å². The van der Waals surface area contributed by atoms with E-state index in [9.17, 15) is 0 Å². The first kappa shape index (κ1) is 9.91. The summed E-state index contributed by atoms with van der Waals surface area (Å²) in [6, 6.07) is 8.66. The van der Waals surface area contributed by atoms with Gasteiger partial charge in [-0.1, -0.05) is 18.2 Å². The maximum Gasteiger partial charge on any atom is 0.119 e. The van der Waals surface area contributed by atoms with Crippen LogP contribution in [-0.2, 0) is 0 Å². The maximum absolute atomic E-state index is 5.87. The van der Waals surface area contributed by atoms with Crippen molar-refractivity contribution >= 4 is 5.57 Å². The Morgan fingerprint density at radius 2 is 1.81 bits per heavy atom. The fraction of sp³-hybridized carbons (Fsp3) is 0.429. The third-order valence-corrected chi connectivity index (χ3v) is 3.21. The molecule has 1 fully saturated rings. The van der Waals surface area contributed by atoms with Crippen molar-refractivity contribution in [3.63, 3.8) is 0 Å². The van der Waals surface area contributed by atoms with Crippen LogP contribution in [0.25, 0.3) is 5.57 Å². The molecule has 2 nitrogen and oxygen atoms in total. The third-order valence-electron chi connectivity index (χ3n) is 3.21.